The minimum atomic E-state index is -3.37. The van der Waals surface area contributed by atoms with Crippen molar-refractivity contribution in [2.75, 3.05) is 13.2 Å². The van der Waals surface area contributed by atoms with Crippen molar-refractivity contribution < 1.29 is 18.4 Å². The molecule has 1 aromatic rings. The van der Waals surface area contributed by atoms with Crippen LogP contribution in [0.5, 0.6) is 0 Å². The standard InChI is InChI=1S/C17H25O4P/c1-4-7-11-16(14-22(19,20-5-2)21-6-3)17(18)15-12-9-8-10-13-15/h8-10,12-14H,4-7,11H2,1-3H3/b16-14+. The van der Waals surface area contributed by atoms with Crippen molar-refractivity contribution >= 4 is 13.4 Å². The van der Waals surface area contributed by atoms with E-state index >= 15 is 0 Å². The van der Waals surface area contributed by atoms with E-state index in [-0.39, 0.29) is 19.0 Å². The van der Waals surface area contributed by atoms with Gasteiger partial charge in [-0.3, -0.25) is 9.36 Å². The van der Waals surface area contributed by atoms with Crippen molar-refractivity contribution in [1.82, 2.24) is 0 Å². The Kier molecular flexibility index (Phi) is 8.32. The van der Waals surface area contributed by atoms with Crippen molar-refractivity contribution in [2.45, 2.75) is 40.0 Å². The van der Waals surface area contributed by atoms with Crippen LogP contribution in [0.15, 0.2) is 41.7 Å². The molecule has 0 bridgehead atoms. The van der Waals surface area contributed by atoms with Crippen molar-refractivity contribution in [1.29, 1.82) is 0 Å². The van der Waals surface area contributed by atoms with E-state index in [0.29, 0.717) is 17.6 Å². The zero-order valence-electron chi connectivity index (χ0n) is 13.6. The highest BCUT2D eigenvalue weighted by atomic mass is 31.2. The summed E-state index contributed by atoms with van der Waals surface area (Å²) in [6.45, 7) is 6.10. The van der Waals surface area contributed by atoms with E-state index in [1.54, 1.807) is 26.0 Å². The Bertz CT molecular complexity index is 527. The second-order valence-electron chi connectivity index (χ2n) is 4.83. The molecular formula is C17H25O4P. The van der Waals surface area contributed by atoms with Crippen molar-refractivity contribution in [3.63, 3.8) is 0 Å². The summed E-state index contributed by atoms with van der Waals surface area (Å²) < 4.78 is 23.2. The van der Waals surface area contributed by atoms with Gasteiger partial charge < -0.3 is 9.05 Å². The number of ketones is 1. The number of unbranched alkanes of at least 4 members (excludes halogenated alkanes) is 1. The van der Waals surface area contributed by atoms with Gasteiger partial charge in [-0.25, -0.2) is 0 Å². The van der Waals surface area contributed by atoms with Gasteiger partial charge in [0.25, 0.3) is 0 Å². The summed E-state index contributed by atoms with van der Waals surface area (Å²) in [5, 5.41) is 0. The Labute approximate surface area is 133 Å². The molecule has 0 fully saturated rings. The van der Waals surface area contributed by atoms with E-state index < -0.39 is 7.60 Å². The van der Waals surface area contributed by atoms with Crippen molar-refractivity contribution in [3.05, 3.63) is 47.3 Å². The monoisotopic (exact) mass is 324 g/mol. The fraction of sp³-hybridized carbons (Fsp3) is 0.471. The molecule has 0 N–H and O–H groups in total. The number of hydrogen-bond acceptors (Lipinski definition) is 4. The van der Waals surface area contributed by atoms with Crippen LogP contribution in [0.4, 0.5) is 0 Å². The van der Waals surface area contributed by atoms with Gasteiger partial charge >= 0.3 is 7.60 Å². The third-order valence-electron chi connectivity index (χ3n) is 3.06. The number of benzene rings is 1. The Morgan fingerprint density at radius 2 is 1.68 bits per heavy atom. The maximum atomic E-state index is 12.6. The van der Waals surface area contributed by atoms with Crippen LogP contribution >= 0.6 is 7.60 Å². The quantitative estimate of drug-likeness (QED) is 0.337. The third kappa shape index (κ3) is 5.88. The first-order valence-corrected chi connectivity index (χ1v) is 9.37. The van der Waals surface area contributed by atoms with E-state index in [0.717, 1.165) is 12.8 Å². The van der Waals surface area contributed by atoms with E-state index in [1.807, 2.05) is 18.2 Å². The molecule has 122 valence electrons. The molecule has 5 heteroatoms. The molecular weight excluding hydrogens is 299 g/mol. The van der Waals surface area contributed by atoms with Crippen LogP contribution in [0, 0.1) is 0 Å². The second kappa shape index (κ2) is 9.73. The average molecular weight is 324 g/mol. The number of hydrogen-bond donors (Lipinski definition) is 0. The summed E-state index contributed by atoms with van der Waals surface area (Å²) in [5.74, 6) is 1.29. The Morgan fingerprint density at radius 3 is 2.18 bits per heavy atom. The highest BCUT2D eigenvalue weighted by Crippen LogP contribution is 2.51. The van der Waals surface area contributed by atoms with Crippen LogP contribution in [0.25, 0.3) is 0 Å². The molecule has 22 heavy (non-hydrogen) atoms. The lowest BCUT2D eigenvalue weighted by Crippen LogP contribution is -2.05. The lowest BCUT2D eigenvalue weighted by atomic mass is 10.0. The Balaban J connectivity index is 3.12. The van der Waals surface area contributed by atoms with Gasteiger partial charge in [0.1, 0.15) is 0 Å². The summed E-state index contributed by atoms with van der Waals surface area (Å²) in [7, 11) is -3.37. The van der Waals surface area contributed by atoms with E-state index in [4.69, 9.17) is 9.05 Å². The van der Waals surface area contributed by atoms with Gasteiger partial charge in [-0.1, -0.05) is 43.7 Å². The summed E-state index contributed by atoms with van der Waals surface area (Å²) in [6, 6.07) is 9.00. The molecule has 0 atom stereocenters. The molecule has 0 saturated carbocycles. The van der Waals surface area contributed by atoms with Gasteiger partial charge in [0.2, 0.25) is 0 Å². The highest BCUT2D eigenvalue weighted by molar-refractivity contribution is 7.57. The van der Waals surface area contributed by atoms with Crippen LogP contribution in [0.3, 0.4) is 0 Å². The van der Waals surface area contributed by atoms with Gasteiger partial charge in [-0.2, -0.15) is 0 Å². The molecule has 0 heterocycles. The summed E-state index contributed by atoms with van der Waals surface area (Å²) in [6.07, 6.45) is 2.37. The molecule has 1 rings (SSSR count). The Morgan fingerprint density at radius 1 is 1.09 bits per heavy atom. The number of allylic oxidation sites excluding steroid dienone is 1. The fourth-order valence-electron chi connectivity index (χ4n) is 2.04. The average Bonchev–Trinajstić information content (AvgIpc) is 2.52. The first-order chi connectivity index (χ1) is 10.6. The molecule has 0 aliphatic heterocycles. The third-order valence-corrected chi connectivity index (χ3v) is 4.92. The molecule has 1 aromatic carbocycles. The van der Waals surface area contributed by atoms with Crippen LogP contribution in [-0.4, -0.2) is 19.0 Å². The van der Waals surface area contributed by atoms with Gasteiger partial charge in [-0.05, 0) is 26.7 Å². The normalized spacial score (nSPS) is 12.4. The molecule has 4 nitrogen and oxygen atoms in total. The highest BCUT2D eigenvalue weighted by Gasteiger charge is 2.24. The van der Waals surface area contributed by atoms with Crippen molar-refractivity contribution in [3.8, 4) is 0 Å². The zero-order valence-corrected chi connectivity index (χ0v) is 14.5. The first-order valence-electron chi connectivity index (χ1n) is 7.76. The number of carbonyl (C=O) groups excluding carboxylic acids is 1. The number of Topliss-reactive ketones (excluding diaryl/α,β-unsaturated/α-hetero) is 1. The second-order valence-corrected chi connectivity index (χ2v) is 6.68. The molecule has 0 radical (unpaired) electrons. The maximum Gasteiger partial charge on any atom is 0.354 e. The van der Waals surface area contributed by atoms with E-state index in [9.17, 15) is 9.36 Å². The minimum Gasteiger partial charge on any atom is -0.306 e. The summed E-state index contributed by atoms with van der Waals surface area (Å²) in [5.41, 5.74) is 1.09. The topological polar surface area (TPSA) is 52.6 Å². The molecule has 0 saturated heterocycles. The number of carbonyl (C=O) groups is 1. The van der Waals surface area contributed by atoms with Crippen LogP contribution < -0.4 is 0 Å². The number of rotatable bonds is 10. The molecule has 0 aromatic heterocycles. The first kappa shape index (κ1) is 18.8. The SMILES string of the molecule is CCCC/C(=C\P(=O)(OCC)OCC)C(=O)c1ccccc1. The van der Waals surface area contributed by atoms with Crippen LogP contribution in [0.1, 0.15) is 50.4 Å². The van der Waals surface area contributed by atoms with Gasteiger partial charge in [-0.15, -0.1) is 0 Å². The van der Waals surface area contributed by atoms with Crippen LogP contribution in [-0.2, 0) is 13.6 Å². The van der Waals surface area contributed by atoms with Crippen molar-refractivity contribution in [2.24, 2.45) is 0 Å². The van der Waals surface area contributed by atoms with Gasteiger partial charge in [0.05, 0.1) is 13.2 Å². The van der Waals surface area contributed by atoms with Crippen LogP contribution in [0.2, 0.25) is 0 Å². The predicted octanol–water partition coefficient (Wildman–Crippen LogP) is 5.21. The minimum absolute atomic E-state index is 0.117. The largest absolute Gasteiger partial charge is 0.354 e. The molecule has 0 amide bonds. The lowest BCUT2D eigenvalue weighted by molar-refractivity contribution is 0.102. The predicted molar refractivity (Wildman–Crippen MR) is 89.2 cm³/mol. The smallest absolute Gasteiger partial charge is 0.306 e. The van der Waals surface area contributed by atoms with Gasteiger partial charge in [0.15, 0.2) is 5.78 Å². The fourth-order valence-corrected chi connectivity index (χ4v) is 3.61. The summed E-state index contributed by atoms with van der Waals surface area (Å²) >= 11 is 0. The summed E-state index contributed by atoms with van der Waals surface area (Å²) in [4.78, 5) is 12.6. The van der Waals surface area contributed by atoms with E-state index in [1.165, 1.54) is 5.82 Å². The molecule has 0 aliphatic rings. The molecule has 0 spiro atoms. The van der Waals surface area contributed by atoms with E-state index in [2.05, 4.69) is 6.92 Å². The lowest BCUT2D eigenvalue weighted by Gasteiger charge is -2.15. The Hall–Kier alpha value is -1.22. The van der Waals surface area contributed by atoms with Gasteiger partial charge in [0, 0.05) is 17.0 Å². The molecule has 0 aliphatic carbocycles. The zero-order chi connectivity index (χ0) is 16.4. The maximum absolute atomic E-state index is 12.6. The molecule has 0 unspecified atom stereocenters.